The number of amides is 2. The number of aryl methyl sites for hydroxylation is 1. The lowest BCUT2D eigenvalue weighted by Crippen LogP contribution is -2.27. The number of carbonyl (C=O) groups excluding carboxylic acids is 2. The number of imidazole rings is 1. The maximum absolute atomic E-state index is 12.8. The molecule has 0 aliphatic heterocycles. The van der Waals surface area contributed by atoms with Gasteiger partial charge in [-0.25, -0.2) is 4.98 Å². The van der Waals surface area contributed by atoms with Crippen LogP contribution in [0.25, 0.3) is 11.0 Å². The molecule has 0 atom stereocenters. The van der Waals surface area contributed by atoms with Crippen molar-refractivity contribution >= 4 is 34.5 Å². The highest BCUT2D eigenvalue weighted by atomic mass is 16.2. The highest BCUT2D eigenvalue weighted by Crippen LogP contribution is 2.30. The van der Waals surface area contributed by atoms with Crippen molar-refractivity contribution in [1.29, 1.82) is 5.26 Å². The molecule has 3 aromatic rings. The van der Waals surface area contributed by atoms with Crippen molar-refractivity contribution in [2.45, 2.75) is 45.1 Å². The van der Waals surface area contributed by atoms with Gasteiger partial charge < -0.3 is 15.2 Å². The van der Waals surface area contributed by atoms with E-state index >= 15 is 0 Å². The normalized spacial score (nSPS) is 13.7. The van der Waals surface area contributed by atoms with Crippen LogP contribution >= 0.6 is 0 Å². The number of carbonyl (C=O) groups is 2. The molecule has 4 rings (SSSR count). The van der Waals surface area contributed by atoms with E-state index in [9.17, 15) is 9.59 Å². The Hall–Kier alpha value is -3.70. The topological polar surface area (TPSA) is 117 Å². The number of fused-ring (bicyclic) bond motifs is 1. The monoisotopic (exact) mass is 458 g/mol. The van der Waals surface area contributed by atoms with Crippen molar-refractivity contribution in [3.63, 3.8) is 0 Å². The Morgan fingerprint density at radius 3 is 2.62 bits per heavy atom. The van der Waals surface area contributed by atoms with Gasteiger partial charge in [0.2, 0.25) is 11.9 Å². The Bertz CT molecular complexity index is 1220. The second kappa shape index (κ2) is 10.5. The van der Waals surface area contributed by atoms with Gasteiger partial charge in [-0.2, -0.15) is 5.26 Å². The van der Waals surface area contributed by atoms with Crippen LogP contribution in [0.15, 0.2) is 42.5 Å². The van der Waals surface area contributed by atoms with Gasteiger partial charge in [0.05, 0.1) is 22.7 Å². The lowest BCUT2D eigenvalue weighted by atomic mass is 10.0. The summed E-state index contributed by atoms with van der Waals surface area (Å²) in [5.74, 6) is 0.717. The van der Waals surface area contributed by atoms with Crippen LogP contribution in [0.2, 0.25) is 0 Å². The van der Waals surface area contributed by atoms with Crippen LogP contribution in [0, 0.1) is 17.2 Å². The summed E-state index contributed by atoms with van der Waals surface area (Å²) in [6, 6.07) is 14.2. The standard InChI is InChI=1S/C26H30N6O2/c1-31(24(33)15-18-5-2-3-6-18)21-11-12-23-22(16-21)29-26(32(23)14-4-13-27)30-25(34)20-9-7-19(17-28)8-10-20/h7-12,16,18H,2-6,13-15,27H2,1H3,(H,29,30,34). The summed E-state index contributed by atoms with van der Waals surface area (Å²) in [6.45, 7) is 1.12. The SMILES string of the molecule is CN(C(=O)CC1CCCC1)c1ccc2c(c1)nc(NC(=O)c1ccc(C#N)cc1)n2CCCN. The van der Waals surface area contributed by atoms with Crippen LogP contribution in [0.3, 0.4) is 0 Å². The molecule has 1 fully saturated rings. The van der Waals surface area contributed by atoms with Crippen molar-refractivity contribution in [1.82, 2.24) is 9.55 Å². The molecule has 0 spiro atoms. The predicted molar refractivity (Wildman–Crippen MR) is 132 cm³/mol. The number of hydrogen-bond acceptors (Lipinski definition) is 5. The first-order chi connectivity index (χ1) is 16.5. The summed E-state index contributed by atoms with van der Waals surface area (Å²) in [6.07, 6.45) is 5.99. The van der Waals surface area contributed by atoms with E-state index < -0.39 is 0 Å². The molecule has 0 unspecified atom stereocenters. The molecule has 0 radical (unpaired) electrons. The lowest BCUT2D eigenvalue weighted by molar-refractivity contribution is -0.119. The van der Waals surface area contributed by atoms with Gasteiger partial charge >= 0.3 is 0 Å². The van der Waals surface area contributed by atoms with Gasteiger partial charge in [-0.05, 0) is 74.2 Å². The number of nitriles is 1. The van der Waals surface area contributed by atoms with Crippen molar-refractivity contribution in [3.05, 3.63) is 53.6 Å². The van der Waals surface area contributed by atoms with Crippen molar-refractivity contribution in [2.24, 2.45) is 11.7 Å². The van der Waals surface area contributed by atoms with E-state index in [1.807, 2.05) is 28.8 Å². The Kier molecular flexibility index (Phi) is 7.24. The number of aromatic nitrogens is 2. The van der Waals surface area contributed by atoms with Gasteiger partial charge in [-0.1, -0.05) is 12.8 Å². The van der Waals surface area contributed by atoms with Crippen LogP contribution in [0.5, 0.6) is 0 Å². The van der Waals surface area contributed by atoms with Crippen LogP contribution < -0.4 is 16.0 Å². The van der Waals surface area contributed by atoms with E-state index in [-0.39, 0.29) is 11.8 Å². The van der Waals surface area contributed by atoms with Crippen molar-refractivity contribution < 1.29 is 9.59 Å². The Morgan fingerprint density at radius 2 is 1.94 bits per heavy atom. The Morgan fingerprint density at radius 1 is 1.21 bits per heavy atom. The average molecular weight is 459 g/mol. The number of nitrogens with zero attached hydrogens (tertiary/aromatic N) is 4. The zero-order valence-electron chi connectivity index (χ0n) is 19.5. The molecule has 1 heterocycles. The van der Waals surface area contributed by atoms with E-state index in [1.165, 1.54) is 12.8 Å². The van der Waals surface area contributed by atoms with E-state index in [0.29, 0.717) is 48.0 Å². The first-order valence-electron chi connectivity index (χ1n) is 11.8. The van der Waals surface area contributed by atoms with Gasteiger partial charge in [-0.15, -0.1) is 0 Å². The van der Waals surface area contributed by atoms with Crippen LogP contribution in [-0.2, 0) is 11.3 Å². The van der Waals surface area contributed by atoms with Crippen molar-refractivity contribution in [2.75, 3.05) is 23.8 Å². The molecule has 176 valence electrons. The fourth-order valence-electron chi connectivity index (χ4n) is 4.51. The third-order valence-corrected chi connectivity index (χ3v) is 6.52. The number of nitrogens with one attached hydrogen (secondary N) is 1. The highest BCUT2D eigenvalue weighted by molar-refractivity contribution is 6.04. The zero-order valence-corrected chi connectivity index (χ0v) is 19.5. The third kappa shape index (κ3) is 5.10. The number of anilines is 2. The van der Waals surface area contributed by atoms with E-state index in [1.54, 1.807) is 36.2 Å². The number of hydrogen-bond donors (Lipinski definition) is 2. The third-order valence-electron chi connectivity index (χ3n) is 6.52. The van der Waals surface area contributed by atoms with Crippen LogP contribution in [0.4, 0.5) is 11.6 Å². The molecule has 1 aliphatic rings. The maximum atomic E-state index is 12.8. The maximum Gasteiger partial charge on any atom is 0.257 e. The molecule has 1 aromatic heterocycles. The van der Waals surface area contributed by atoms with Crippen molar-refractivity contribution in [3.8, 4) is 6.07 Å². The highest BCUT2D eigenvalue weighted by Gasteiger charge is 2.22. The van der Waals surface area contributed by atoms with Gasteiger partial charge in [0, 0.05) is 31.3 Å². The summed E-state index contributed by atoms with van der Waals surface area (Å²) < 4.78 is 1.94. The minimum atomic E-state index is -0.308. The van der Waals surface area contributed by atoms with E-state index in [2.05, 4.69) is 10.3 Å². The number of benzene rings is 2. The number of rotatable bonds is 8. The quantitative estimate of drug-likeness (QED) is 0.528. The molecule has 8 heteroatoms. The molecule has 0 saturated heterocycles. The summed E-state index contributed by atoms with van der Waals surface area (Å²) in [5.41, 5.74) is 9.01. The molecular weight excluding hydrogens is 428 g/mol. The molecule has 34 heavy (non-hydrogen) atoms. The Balaban J connectivity index is 1.58. The Labute approximate surface area is 199 Å². The minimum absolute atomic E-state index is 0.114. The molecule has 0 bridgehead atoms. The zero-order chi connectivity index (χ0) is 24.1. The van der Waals surface area contributed by atoms with Gasteiger partial charge in [0.25, 0.3) is 5.91 Å². The minimum Gasteiger partial charge on any atom is -0.330 e. The van der Waals surface area contributed by atoms with Gasteiger partial charge in [0.15, 0.2) is 0 Å². The van der Waals surface area contributed by atoms with Gasteiger partial charge in [0.1, 0.15) is 0 Å². The van der Waals surface area contributed by atoms with Gasteiger partial charge in [-0.3, -0.25) is 14.9 Å². The summed E-state index contributed by atoms with van der Waals surface area (Å²) in [5, 5.41) is 11.9. The molecular formula is C26H30N6O2. The first-order valence-corrected chi connectivity index (χ1v) is 11.8. The fraction of sp³-hybridized carbons (Fsp3) is 0.385. The molecule has 2 amide bonds. The first kappa shape index (κ1) is 23.5. The molecule has 2 aromatic carbocycles. The van der Waals surface area contributed by atoms with Crippen LogP contribution in [-0.4, -0.2) is 35.0 Å². The smallest absolute Gasteiger partial charge is 0.257 e. The summed E-state index contributed by atoms with van der Waals surface area (Å²) in [7, 11) is 1.80. The predicted octanol–water partition coefficient (Wildman–Crippen LogP) is 4.05. The molecule has 1 saturated carbocycles. The second-order valence-electron chi connectivity index (χ2n) is 8.85. The molecule has 8 nitrogen and oxygen atoms in total. The second-order valence-corrected chi connectivity index (χ2v) is 8.85. The number of nitrogens with two attached hydrogens (primary N) is 1. The summed E-state index contributed by atoms with van der Waals surface area (Å²) >= 11 is 0. The van der Waals surface area contributed by atoms with E-state index in [4.69, 9.17) is 11.0 Å². The molecule has 1 aliphatic carbocycles. The van der Waals surface area contributed by atoms with E-state index in [0.717, 1.165) is 30.5 Å². The van der Waals surface area contributed by atoms with Crippen LogP contribution in [0.1, 0.15) is 54.4 Å². The summed E-state index contributed by atoms with van der Waals surface area (Å²) in [4.78, 5) is 32.0. The molecule has 3 N–H and O–H groups in total. The largest absolute Gasteiger partial charge is 0.330 e. The lowest BCUT2D eigenvalue weighted by Gasteiger charge is -2.19. The fourth-order valence-corrected chi connectivity index (χ4v) is 4.51. The average Bonchev–Trinajstić information content (AvgIpc) is 3.49.